The molecular weight excluding hydrogens is 398 g/mol. The van der Waals surface area contributed by atoms with E-state index in [-0.39, 0.29) is 36.2 Å². The summed E-state index contributed by atoms with van der Waals surface area (Å²) in [7, 11) is 0. The van der Waals surface area contributed by atoms with Crippen LogP contribution in [0.15, 0.2) is 34.9 Å². The monoisotopic (exact) mass is 429 g/mol. The number of benzene rings is 1. The molecule has 0 atom stereocenters. The Hall–Kier alpha value is -2.90. The maximum absolute atomic E-state index is 12.8. The number of nitrogens with one attached hydrogen (secondary N) is 1. The molecule has 0 radical (unpaired) electrons. The van der Waals surface area contributed by atoms with E-state index in [9.17, 15) is 9.59 Å². The first kappa shape index (κ1) is 22.8. The molecule has 1 aromatic heterocycles. The third-order valence-electron chi connectivity index (χ3n) is 5.52. The topological polar surface area (TPSA) is 115 Å². The Balaban J connectivity index is 1.84. The highest BCUT2D eigenvalue weighted by Gasteiger charge is 2.52. The summed E-state index contributed by atoms with van der Waals surface area (Å²) in [4.78, 5) is 28.2. The Kier molecular flexibility index (Phi) is 6.38. The number of alkyl carbamates (subject to hydrolysis) is 1. The molecule has 2 aromatic rings. The van der Waals surface area contributed by atoms with Gasteiger partial charge in [-0.15, -0.1) is 0 Å². The molecule has 2 N–H and O–H groups in total. The first-order valence-corrected chi connectivity index (χ1v) is 10.5. The highest BCUT2D eigenvalue weighted by atomic mass is 16.5. The lowest BCUT2D eigenvalue weighted by Gasteiger charge is -2.50. The number of aryl methyl sites for hydroxylation is 1. The second-order valence-corrected chi connectivity index (χ2v) is 10.0. The van der Waals surface area contributed by atoms with E-state index in [4.69, 9.17) is 14.4 Å². The molecule has 3 rings (SSSR count). The fourth-order valence-electron chi connectivity index (χ4n) is 5.14. The third-order valence-corrected chi connectivity index (χ3v) is 5.52. The molecule has 1 aromatic carbocycles. The van der Waals surface area contributed by atoms with E-state index in [2.05, 4.69) is 43.2 Å². The number of nitrogens with zero attached hydrogens (tertiary/aromatic N) is 2. The van der Waals surface area contributed by atoms with Crippen molar-refractivity contribution in [2.75, 3.05) is 0 Å². The van der Waals surface area contributed by atoms with Gasteiger partial charge in [-0.05, 0) is 35.7 Å². The molecule has 8 heteroatoms. The van der Waals surface area contributed by atoms with E-state index in [1.165, 1.54) is 0 Å². The van der Waals surface area contributed by atoms with Crippen LogP contribution in [0, 0.1) is 10.8 Å². The van der Waals surface area contributed by atoms with Gasteiger partial charge in [0.15, 0.2) is 5.82 Å². The quantitative estimate of drug-likeness (QED) is 0.668. The third kappa shape index (κ3) is 6.06. The van der Waals surface area contributed by atoms with Crippen molar-refractivity contribution in [3.05, 3.63) is 47.6 Å². The number of ether oxygens (including phenoxy) is 1. The lowest BCUT2D eigenvalue weighted by atomic mass is 9.58. The molecule has 1 aliphatic rings. The molecule has 0 spiro atoms. The summed E-state index contributed by atoms with van der Waals surface area (Å²) < 4.78 is 10.8. The van der Waals surface area contributed by atoms with Gasteiger partial charge in [0, 0.05) is 6.42 Å². The van der Waals surface area contributed by atoms with Crippen LogP contribution in [0.2, 0.25) is 0 Å². The minimum atomic E-state index is -0.933. The van der Waals surface area contributed by atoms with E-state index in [1.54, 1.807) is 0 Å². The van der Waals surface area contributed by atoms with Crippen LogP contribution in [0.1, 0.15) is 70.7 Å². The van der Waals surface area contributed by atoms with Gasteiger partial charge in [0.05, 0.1) is 6.42 Å². The SMILES string of the molecule is CC1(C)CC(C)(C)CC(NC(=O)OCc2ccccc2)(c2noc(CCC(=O)O)n2)C1. The zero-order valence-electron chi connectivity index (χ0n) is 18.6. The molecule has 1 fully saturated rings. The van der Waals surface area contributed by atoms with Crippen LogP contribution in [-0.2, 0) is 28.1 Å². The Morgan fingerprint density at radius 2 is 1.74 bits per heavy atom. The normalized spacial score (nSPS) is 18.8. The van der Waals surface area contributed by atoms with Gasteiger partial charge in [-0.1, -0.05) is 63.2 Å². The van der Waals surface area contributed by atoms with Gasteiger partial charge in [0.25, 0.3) is 0 Å². The van der Waals surface area contributed by atoms with Gasteiger partial charge in [-0.3, -0.25) is 4.79 Å². The van der Waals surface area contributed by atoms with Crippen molar-refractivity contribution < 1.29 is 24.0 Å². The maximum atomic E-state index is 12.8. The highest BCUT2D eigenvalue weighted by molar-refractivity contribution is 5.68. The number of hydrogen-bond donors (Lipinski definition) is 2. The van der Waals surface area contributed by atoms with E-state index >= 15 is 0 Å². The second-order valence-electron chi connectivity index (χ2n) is 10.0. The van der Waals surface area contributed by atoms with Crippen molar-refractivity contribution in [3.8, 4) is 0 Å². The minimum Gasteiger partial charge on any atom is -0.481 e. The van der Waals surface area contributed by atoms with Crippen LogP contribution in [0.5, 0.6) is 0 Å². The molecule has 0 saturated heterocycles. The van der Waals surface area contributed by atoms with Crippen LogP contribution in [-0.4, -0.2) is 27.3 Å². The number of hydrogen-bond acceptors (Lipinski definition) is 6. The van der Waals surface area contributed by atoms with E-state index in [1.807, 2.05) is 30.3 Å². The van der Waals surface area contributed by atoms with Crippen molar-refractivity contribution in [2.45, 2.75) is 71.9 Å². The lowest BCUT2D eigenvalue weighted by molar-refractivity contribution is -0.137. The number of aromatic nitrogens is 2. The molecule has 1 heterocycles. The summed E-state index contributed by atoms with van der Waals surface area (Å²) in [5.41, 5.74) is -0.150. The van der Waals surface area contributed by atoms with Crippen molar-refractivity contribution in [2.24, 2.45) is 10.8 Å². The molecular formula is C23H31N3O5. The number of carboxylic acids is 1. The molecule has 0 aliphatic heterocycles. The number of rotatable bonds is 7. The van der Waals surface area contributed by atoms with Gasteiger partial charge in [0.2, 0.25) is 5.89 Å². The summed E-state index contributed by atoms with van der Waals surface area (Å²) in [5.74, 6) is -0.320. The second kappa shape index (κ2) is 8.69. The van der Waals surface area contributed by atoms with E-state index in [0.29, 0.717) is 18.7 Å². The van der Waals surface area contributed by atoms with E-state index < -0.39 is 17.6 Å². The van der Waals surface area contributed by atoms with Gasteiger partial charge < -0.3 is 19.7 Å². The van der Waals surface area contributed by atoms with Crippen LogP contribution < -0.4 is 5.32 Å². The summed E-state index contributed by atoms with van der Waals surface area (Å²) in [6, 6.07) is 9.47. The first-order valence-electron chi connectivity index (χ1n) is 10.5. The van der Waals surface area contributed by atoms with Gasteiger partial charge >= 0.3 is 12.1 Å². The number of amides is 1. The van der Waals surface area contributed by atoms with Gasteiger partial charge in [-0.25, -0.2) is 4.79 Å². The zero-order valence-corrected chi connectivity index (χ0v) is 18.6. The van der Waals surface area contributed by atoms with Crippen molar-refractivity contribution >= 4 is 12.1 Å². The Morgan fingerprint density at radius 3 is 2.35 bits per heavy atom. The number of carboxylic acid groups (broad SMARTS) is 1. The molecule has 8 nitrogen and oxygen atoms in total. The fourth-order valence-corrected chi connectivity index (χ4v) is 5.14. The van der Waals surface area contributed by atoms with E-state index in [0.717, 1.165) is 12.0 Å². The van der Waals surface area contributed by atoms with Crippen molar-refractivity contribution in [3.63, 3.8) is 0 Å². The number of carbonyl (C=O) groups excluding carboxylic acids is 1. The molecule has 31 heavy (non-hydrogen) atoms. The standard InChI is InChI=1S/C23H31N3O5/c1-21(2)13-22(3,4)15-23(14-21,19-24-17(31-26-19)10-11-18(27)28)25-20(29)30-12-16-8-6-5-7-9-16/h5-9H,10-15H2,1-4H3,(H,25,29)(H,27,28). The lowest BCUT2D eigenvalue weighted by Crippen LogP contribution is -2.55. The Labute approximate surface area is 182 Å². The number of aliphatic carboxylic acids is 1. The van der Waals surface area contributed by atoms with Crippen LogP contribution in [0.25, 0.3) is 0 Å². The highest BCUT2D eigenvalue weighted by Crippen LogP contribution is 2.53. The zero-order chi connectivity index (χ0) is 22.7. The first-order chi connectivity index (χ1) is 14.5. The predicted molar refractivity (Wildman–Crippen MR) is 113 cm³/mol. The molecule has 1 aliphatic carbocycles. The van der Waals surface area contributed by atoms with Crippen molar-refractivity contribution in [1.82, 2.24) is 15.5 Å². The summed E-state index contributed by atoms with van der Waals surface area (Å²) in [5, 5.41) is 16.1. The van der Waals surface area contributed by atoms with Crippen LogP contribution >= 0.6 is 0 Å². The van der Waals surface area contributed by atoms with Crippen LogP contribution in [0.3, 0.4) is 0 Å². The largest absolute Gasteiger partial charge is 0.481 e. The average molecular weight is 430 g/mol. The van der Waals surface area contributed by atoms with Crippen molar-refractivity contribution in [1.29, 1.82) is 0 Å². The molecule has 1 amide bonds. The maximum Gasteiger partial charge on any atom is 0.408 e. The van der Waals surface area contributed by atoms with Gasteiger partial charge in [0.1, 0.15) is 12.1 Å². The summed E-state index contributed by atoms with van der Waals surface area (Å²) in [6.07, 6.45) is 1.70. The van der Waals surface area contributed by atoms with Crippen LogP contribution in [0.4, 0.5) is 4.79 Å². The molecule has 0 bridgehead atoms. The number of carbonyl (C=O) groups is 2. The minimum absolute atomic E-state index is 0.0870. The summed E-state index contributed by atoms with van der Waals surface area (Å²) in [6.45, 7) is 8.79. The molecule has 0 unspecified atom stereocenters. The average Bonchev–Trinajstić information content (AvgIpc) is 3.13. The van der Waals surface area contributed by atoms with Gasteiger partial charge in [-0.2, -0.15) is 4.98 Å². The predicted octanol–water partition coefficient (Wildman–Crippen LogP) is 4.44. The molecule has 1 saturated carbocycles. The summed E-state index contributed by atoms with van der Waals surface area (Å²) >= 11 is 0. The Morgan fingerprint density at radius 1 is 1.10 bits per heavy atom. The fraction of sp³-hybridized carbons (Fsp3) is 0.565. The smallest absolute Gasteiger partial charge is 0.408 e. The molecule has 168 valence electrons. The Bertz CT molecular complexity index is 904.